The highest BCUT2D eigenvalue weighted by molar-refractivity contribution is 5.99. The van der Waals surface area contributed by atoms with Gasteiger partial charge in [0.25, 0.3) is 0 Å². The van der Waals surface area contributed by atoms with Crippen LogP contribution in [-0.4, -0.2) is 34.4 Å². The number of carboxylic acids is 1. The summed E-state index contributed by atoms with van der Waals surface area (Å²) in [7, 11) is 0. The van der Waals surface area contributed by atoms with Gasteiger partial charge in [0.15, 0.2) is 5.41 Å². The van der Waals surface area contributed by atoms with Crippen molar-refractivity contribution < 1.29 is 24.5 Å². The largest absolute Gasteiger partial charge is 0.480 e. The lowest BCUT2D eigenvalue weighted by Crippen LogP contribution is -2.43. The molecule has 5 heteroatoms. The Bertz CT molecular complexity index is 316. The third kappa shape index (κ3) is 5.59. The topological polar surface area (TPSA) is 83.8 Å². The minimum Gasteiger partial charge on any atom is -0.480 e. The predicted molar refractivity (Wildman–Crippen MR) is 71.7 cm³/mol. The van der Waals surface area contributed by atoms with Gasteiger partial charge in [0.1, 0.15) is 0 Å². The normalized spacial score (nSPS) is 15.1. The number of carboxylic acid groups (broad SMARTS) is 1. The number of ether oxygens (including phenoxy) is 1. The SMILES string of the molecule is CCOC(=O)C(CCC(C)(C)O)(CC(C)C)C(=O)O. The van der Waals surface area contributed by atoms with Crippen molar-refractivity contribution in [3.63, 3.8) is 0 Å². The predicted octanol–water partition coefficient (Wildman–Crippen LogP) is 2.22. The zero-order chi connectivity index (χ0) is 15.3. The molecule has 0 radical (unpaired) electrons. The molecule has 5 nitrogen and oxygen atoms in total. The van der Waals surface area contributed by atoms with E-state index in [2.05, 4.69) is 0 Å². The van der Waals surface area contributed by atoms with Gasteiger partial charge in [0.2, 0.25) is 0 Å². The molecule has 2 N–H and O–H groups in total. The van der Waals surface area contributed by atoms with Crippen molar-refractivity contribution >= 4 is 11.9 Å². The molecule has 0 aliphatic rings. The van der Waals surface area contributed by atoms with E-state index in [1.807, 2.05) is 13.8 Å². The van der Waals surface area contributed by atoms with Crippen molar-refractivity contribution in [3.8, 4) is 0 Å². The van der Waals surface area contributed by atoms with Crippen molar-refractivity contribution in [2.45, 2.75) is 59.5 Å². The van der Waals surface area contributed by atoms with Crippen LogP contribution in [-0.2, 0) is 14.3 Å². The number of hydrogen-bond acceptors (Lipinski definition) is 4. The van der Waals surface area contributed by atoms with Crippen molar-refractivity contribution in [1.29, 1.82) is 0 Å². The van der Waals surface area contributed by atoms with Crippen LogP contribution in [0.5, 0.6) is 0 Å². The molecule has 0 aromatic heterocycles. The zero-order valence-corrected chi connectivity index (χ0v) is 12.5. The van der Waals surface area contributed by atoms with Crippen LogP contribution in [0.25, 0.3) is 0 Å². The van der Waals surface area contributed by atoms with Crippen LogP contribution in [0.1, 0.15) is 53.9 Å². The maximum atomic E-state index is 12.1. The highest BCUT2D eigenvalue weighted by Crippen LogP contribution is 2.36. The van der Waals surface area contributed by atoms with E-state index in [1.54, 1.807) is 20.8 Å². The van der Waals surface area contributed by atoms with Crippen LogP contribution < -0.4 is 0 Å². The molecular weight excluding hydrogens is 248 g/mol. The molecule has 0 aliphatic heterocycles. The van der Waals surface area contributed by atoms with Gasteiger partial charge in [-0.2, -0.15) is 0 Å². The van der Waals surface area contributed by atoms with E-state index >= 15 is 0 Å². The molecule has 112 valence electrons. The molecular formula is C14H26O5. The summed E-state index contributed by atoms with van der Waals surface area (Å²) in [4.78, 5) is 23.7. The molecule has 0 bridgehead atoms. The first-order chi connectivity index (χ1) is 8.55. The van der Waals surface area contributed by atoms with E-state index in [9.17, 15) is 19.8 Å². The van der Waals surface area contributed by atoms with Gasteiger partial charge in [0, 0.05) is 0 Å². The molecule has 0 saturated carbocycles. The van der Waals surface area contributed by atoms with Gasteiger partial charge >= 0.3 is 11.9 Å². The Morgan fingerprint density at radius 3 is 2.05 bits per heavy atom. The number of aliphatic hydroxyl groups is 1. The minimum atomic E-state index is -1.57. The van der Waals surface area contributed by atoms with Crippen molar-refractivity contribution in [2.75, 3.05) is 6.61 Å². The number of carbonyl (C=O) groups is 2. The molecule has 0 saturated heterocycles. The van der Waals surface area contributed by atoms with Crippen molar-refractivity contribution in [1.82, 2.24) is 0 Å². The van der Waals surface area contributed by atoms with E-state index < -0.39 is 23.0 Å². The highest BCUT2D eigenvalue weighted by Gasteiger charge is 2.48. The number of esters is 1. The van der Waals surface area contributed by atoms with E-state index in [1.165, 1.54) is 0 Å². The van der Waals surface area contributed by atoms with Gasteiger partial charge in [-0.3, -0.25) is 9.59 Å². The Morgan fingerprint density at radius 2 is 1.74 bits per heavy atom. The van der Waals surface area contributed by atoms with E-state index in [0.29, 0.717) is 0 Å². The summed E-state index contributed by atoms with van der Waals surface area (Å²) in [5, 5.41) is 19.2. The first-order valence-electron chi connectivity index (χ1n) is 6.68. The molecule has 0 heterocycles. The highest BCUT2D eigenvalue weighted by atomic mass is 16.5. The summed E-state index contributed by atoms with van der Waals surface area (Å²) in [5.41, 5.74) is -2.58. The van der Waals surface area contributed by atoms with Crippen LogP contribution >= 0.6 is 0 Å². The second-order valence-corrected chi connectivity index (χ2v) is 6.02. The van der Waals surface area contributed by atoms with Gasteiger partial charge in [-0.25, -0.2) is 0 Å². The van der Waals surface area contributed by atoms with Gasteiger partial charge in [-0.15, -0.1) is 0 Å². The van der Waals surface area contributed by atoms with Gasteiger partial charge in [0.05, 0.1) is 12.2 Å². The molecule has 0 aromatic carbocycles. The number of carbonyl (C=O) groups excluding carboxylic acids is 1. The Kier molecular flexibility index (Phi) is 6.49. The Balaban J connectivity index is 5.26. The first kappa shape index (κ1) is 17.9. The lowest BCUT2D eigenvalue weighted by molar-refractivity contribution is -0.171. The monoisotopic (exact) mass is 274 g/mol. The van der Waals surface area contributed by atoms with Crippen LogP contribution in [0, 0.1) is 11.3 Å². The molecule has 0 fully saturated rings. The van der Waals surface area contributed by atoms with Crippen LogP contribution in [0.4, 0.5) is 0 Å². The molecule has 0 amide bonds. The summed E-state index contributed by atoms with van der Waals surface area (Å²) >= 11 is 0. The molecule has 1 unspecified atom stereocenters. The van der Waals surface area contributed by atoms with Gasteiger partial charge in [-0.1, -0.05) is 13.8 Å². The summed E-state index contributed by atoms with van der Waals surface area (Å²) in [6.45, 7) is 8.71. The van der Waals surface area contributed by atoms with Gasteiger partial charge < -0.3 is 14.9 Å². The summed E-state index contributed by atoms with van der Waals surface area (Å²) in [5.74, 6) is -1.84. The van der Waals surface area contributed by atoms with Crippen LogP contribution in [0.3, 0.4) is 0 Å². The third-order valence-electron chi connectivity index (χ3n) is 3.00. The fourth-order valence-corrected chi connectivity index (χ4v) is 2.05. The maximum Gasteiger partial charge on any atom is 0.323 e. The number of rotatable bonds is 8. The second-order valence-electron chi connectivity index (χ2n) is 6.02. The lowest BCUT2D eigenvalue weighted by Gasteiger charge is -2.31. The van der Waals surface area contributed by atoms with Crippen LogP contribution in [0.2, 0.25) is 0 Å². The molecule has 0 spiro atoms. The van der Waals surface area contributed by atoms with E-state index in [-0.39, 0.29) is 31.8 Å². The smallest absolute Gasteiger partial charge is 0.323 e. The van der Waals surface area contributed by atoms with Gasteiger partial charge in [-0.05, 0) is 46.0 Å². The lowest BCUT2D eigenvalue weighted by atomic mass is 9.74. The van der Waals surface area contributed by atoms with E-state index in [4.69, 9.17) is 4.74 Å². The zero-order valence-electron chi connectivity index (χ0n) is 12.5. The minimum absolute atomic E-state index is 0.0438. The van der Waals surface area contributed by atoms with Crippen molar-refractivity contribution in [3.05, 3.63) is 0 Å². The van der Waals surface area contributed by atoms with E-state index in [0.717, 1.165) is 0 Å². The molecule has 0 aliphatic carbocycles. The molecule has 0 rings (SSSR count). The maximum absolute atomic E-state index is 12.1. The third-order valence-corrected chi connectivity index (χ3v) is 3.00. The molecule has 1 atom stereocenters. The Hall–Kier alpha value is -1.10. The molecule has 19 heavy (non-hydrogen) atoms. The Morgan fingerprint density at radius 1 is 1.21 bits per heavy atom. The van der Waals surface area contributed by atoms with Crippen LogP contribution in [0.15, 0.2) is 0 Å². The quantitative estimate of drug-likeness (QED) is 0.523. The Labute approximate surface area is 115 Å². The standard InChI is InChI=1S/C14H26O5/c1-6-19-12(17)14(11(15)16,9-10(2)3)8-7-13(4,5)18/h10,18H,6-9H2,1-5H3,(H,15,16). The summed E-state index contributed by atoms with van der Waals surface area (Å²) in [6, 6.07) is 0. The fourth-order valence-electron chi connectivity index (χ4n) is 2.05. The number of aliphatic carboxylic acids is 1. The average molecular weight is 274 g/mol. The average Bonchev–Trinajstić information content (AvgIpc) is 2.22. The second kappa shape index (κ2) is 6.89. The molecule has 0 aromatic rings. The first-order valence-corrected chi connectivity index (χ1v) is 6.68. The van der Waals surface area contributed by atoms with Crippen molar-refractivity contribution in [2.24, 2.45) is 11.3 Å². The number of hydrogen-bond donors (Lipinski definition) is 2. The fraction of sp³-hybridized carbons (Fsp3) is 0.857. The summed E-state index contributed by atoms with van der Waals surface area (Å²) in [6.07, 6.45) is 0.505. The summed E-state index contributed by atoms with van der Waals surface area (Å²) < 4.78 is 4.93.